The summed E-state index contributed by atoms with van der Waals surface area (Å²) in [5, 5.41) is 3.07. The summed E-state index contributed by atoms with van der Waals surface area (Å²) in [5.41, 5.74) is 0.639. The van der Waals surface area contributed by atoms with Gasteiger partial charge in [-0.25, -0.2) is 0 Å². The maximum atomic E-state index is 13.5. The Kier molecular flexibility index (Phi) is 6.23. The van der Waals surface area contributed by atoms with E-state index in [9.17, 15) is 9.59 Å². The molecule has 1 aromatic rings. The van der Waals surface area contributed by atoms with Crippen LogP contribution in [0.3, 0.4) is 0 Å². The zero-order valence-electron chi connectivity index (χ0n) is 17.6. The van der Waals surface area contributed by atoms with E-state index in [2.05, 4.69) is 24.4 Å². The number of carbonyl (C=O) groups excluding carboxylic acids is 2. The quantitative estimate of drug-likeness (QED) is 0.823. The molecular formula is C24H34N2O3. The molecule has 0 bridgehead atoms. The van der Waals surface area contributed by atoms with Gasteiger partial charge in [-0.2, -0.15) is 0 Å². The molecule has 3 aliphatic rings. The van der Waals surface area contributed by atoms with Crippen LogP contribution in [0.4, 0.5) is 0 Å². The number of carbonyl (C=O) groups is 2. The van der Waals surface area contributed by atoms with Crippen molar-refractivity contribution in [3.05, 3.63) is 35.9 Å². The Morgan fingerprint density at radius 3 is 2.48 bits per heavy atom. The Balaban J connectivity index is 1.45. The van der Waals surface area contributed by atoms with E-state index in [1.807, 2.05) is 23.1 Å². The third kappa shape index (κ3) is 4.35. The molecule has 4 rings (SSSR count). The Hall–Kier alpha value is -1.88. The van der Waals surface area contributed by atoms with Crippen LogP contribution in [0, 0.1) is 11.8 Å². The Bertz CT molecular complexity index is 706. The molecule has 2 aliphatic carbocycles. The Labute approximate surface area is 174 Å². The third-order valence-electron chi connectivity index (χ3n) is 7.12. The highest BCUT2D eigenvalue weighted by molar-refractivity contribution is 5.89. The summed E-state index contributed by atoms with van der Waals surface area (Å²) >= 11 is 0. The average Bonchev–Trinajstić information content (AvgIpc) is 3.39. The fourth-order valence-electron chi connectivity index (χ4n) is 5.27. The summed E-state index contributed by atoms with van der Waals surface area (Å²) in [7, 11) is 0. The highest BCUT2D eigenvalue weighted by atomic mass is 16.5. The number of nitrogens with one attached hydrogen (secondary N) is 1. The van der Waals surface area contributed by atoms with Gasteiger partial charge < -0.3 is 10.1 Å². The van der Waals surface area contributed by atoms with E-state index in [0.717, 1.165) is 57.8 Å². The largest absolute Gasteiger partial charge is 0.354 e. The van der Waals surface area contributed by atoms with E-state index in [-0.39, 0.29) is 17.7 Å². The lowest BCUT2D eigenvalue weighted by Gasteiger charge is -2.43. The predicted molar refractivity (Wildman–Crippen MR) is 112 cm³/mol. The van der Waals surface area contributed by atoms with Crippen LogP contribution in [-0.4, -0.2) is 41.6 Å². The molecule has 3 fully saturated rings. The number of hydrogen-bond donors (Lipinski definition) is 1. The molecule has 158 valence electrons. The van der Waals surface area contributed by atoms with E-state index in [1.165, 1.54) is 5.56 Å². The fraction of sp³-hybridized carbons (Fsp3) is 0.667. The highest BCUT2D eigenvalue weighted by Gasteiger charge is 2.54. The number of hydrogen-bond acceptors (Lipinski definition) is 3. The second kappa shape index (κ2) is 8.86. The normalized spacial score (nSPS) is 30.0. The molecule has 1 spiro atoms. The van der Waals surface area contributed by atoms with Gasteiger partial charge in [0.05, 0.1) is 6.61 Å². The number of amides is 2. The van der Waals surface area contributed by atoms with Crippen molar-refractivity contribution in [2.75, 3.05) is 13.2 Å². The maximum absolute atomic E-state index is 13.5. The first-order chi connectivity index (χ1) is 14.1. The van der Waals surface area contributed by atoms with Crippen LogP contribution in [0.25, 0.3) is 0 Å². The zero-order chi connectivity index (χ0) is 20.3. The molecule has 0 aromatic heterocycles. The van der Waals surface area contributed by atoms with Crippen LogP contribution in [0.2, 0.25) is 0 Å². The van der Waals surface area contributed by atoms with E-state index in [1.54, 1.807) is 0 Å². The summed E-state index contributed by atoms with van der Waals surface area (Å²) in [4.78, 5) is 28.4. The Morgan fingerprint density at radius 1 is 1.10 bits per heavy atom. The number of rotatable bonds is 5. The molecule has 1 unspecified atom stereocenters. The first-order valence-electron chi connectivity index (χ1n) is 11.4. The van der Waals surface area contributed by atoms with Crippen molar-refractivity contribution in [1.82, 2.24) is 10.2 Å². The highest BCUT2D eigenvalue weighted by Crippen LogP contribution is 2.44. The van der Waals surface area contributed by atoms with Gasteiger partial charge in [-0.1, -0.05) is 50.1 Å². The van der Waals surface area contributed by atoms with Gasteiger partial charge in [0.15, 0.2) is 0 Å². The first-order valence-corrected chi connectivity index (χ1v) is 11.4. The molecule has 5 heteroatoms. The van der Waals surface area contributed by atoms with Gasteiger partial charge in [0, 0.05) is 12.5 Å². The standard InChI is InChI=1S/C24H34N2O3/c1-18-11-14-24(15-12-18)26(23(28)20-9-5-6-10-20)21(17-29-24)22(27)25-16-13-19-7-3-2-4-8-19/h2-4,7-8,18,20-21H,5-6,9-17H2,1H3,(H,25,27). The van der Waals surface area contributed by atoms with E-state index < -0.39 is 11.8 Å². The molecule has 1 aromatic carbocycles. The van der Waals surface area contributed by atoms with Crippen LogP contribution in [0.5, 0.6) is 0 Å². The van der Waals surface area contributed by atoms with Crippen molar-refractivity contribution < 1.29 is 14.3 Å². The van der Waals surface area contributed by atoms with Crippen LogP contribution < -0.4 is 5.32 Å². The van der Waals surface area contributed by atoms with Crippen LogP contribution in [0.15, 0.2) is 30.3 Å². The van der Waals surface area contributed by atoms with Gasteiger partial charge in [-0.15, -0.1) is 0 Å². The molecule has 2 saturated carbocycles. The SMILES string of the molecule is CC1CCC2(CC1)OCC(C(=O)NCCc1ccccc1)N2C(=O)C1CCCC1. The fourth-order valence-corrected chi connectivity index (χ4v) is 5.27. The lowest BCUT2D eigenvalue weighted by molar-refractivity contribution is -0.165. The van der Waals surface area contributed by atoms with Gasteiger partial charge in [-0.3, -0.25) is 14.5 Å². The van der Waals surface area contributed by atoms with Gasteiger partial charge in [-0.05, 0) is 56.4 Å². The van der Waals surface area contributed by atoms with E-state index in [0.29, 0.717) is 19.1 Å². The summed E-state index contributed by atoms with van der Waals surface area (Å²) in [6, 6.07) is 9.66. The molecule has 1 atom stereocenters. The molecule has 1 N–H and O–H groups in total. The van der Waals surface area contributed by atoms with Crippen LogP contribution in [0.1, 0.15) is 63.9 Å². The van der Waals surface area contributed by atoms with Crippen molar-refractivity contribution in [1.29, 1.82) is 0 Å². The first kappa shape index (κ1) is 20.4. The molecule has 1 saturated heterocycles. The molecule has 0 radical (unpaired) electrons. The summed E-state index contributed by atoms with van der Waals surface area (Å²) in [5.74, 6) is 0.805. The topological polar surface area (TPSA) is 58.6 Å². The van der Waals surface area contributed by atoms with Crippen molar-refractivity contribution in [2.24, 2.45) is 11.8 Å². The minimum Gasteiger partial charge on any atom is -0.354 e. The zero-order valence-corrected chi connectivity index (χ0v) is 17.6. The molecule has 2 amide bonds. The monoisotopic (exact) mass is 398 g/mol. The van der Waals surface area contributed by atoms with Gasteiger partial charge >= 0.3 is 0 Å². The molecule has 1 heterocycles. The second-order valence-electron chi connectivity index (χ2n) is 9.17. The van der Waals surface area contributed by atoms with Gasteiger partial charge in [0.1, 0.15) is 11.8 Å². The van der Waals surface area contributed by atoms with Crippen LogP contribution in [-0.2, 0) is 20.7 Å². The number of ether oxygens (including phenoxy) is 1. The minimum atomic E-state index is -0.562. The van der Waals surface area contributed by atoms with Crippen molar-refractivity contribution in [3.8, 4) is 0 Å². The molecule has 29 heavy (non-hydrogen) atoms. The molecular weight excluding hydrogens is 364 g/mol. The smallest absolute Gasteiger partial charge is 0.245 e. The summed E-state index contributed by atoms with van der Waals surface area (Å²) in [6.07, 6.45) is 8.72. The van der Waals surface area contributed by atoms with E-state index in [4.69, 9.17) is 4.74 Å². The van der Waals surface area contributed by atoms with Gasteiger partial charge in [0.2, 0.25) is 11.8 Å². The maximum Gasteiger partial charge on any atom is 0.245 e. The van der Waals surface area contributed by atoms with E-state index >= 15 is 0 Å². The van der Waals surface area contributed by atoms with Crippen molar-refractivity contribution in [3.63, 3.8) is 0 Å². The molecule has 1 aliphatic heterocycles. The van der Waals surface area contributed by atoms with Crippen molar-refractivity contribution in [2.45, 2.75) is 76.5 Å². The lowest BCUT2D eigenvalue weighted by atomic mass is 9.83. The third-order valence-corrected chi connectivity index (χ3v) is 7.12. The van der Waals surface area contributed by atoms with Gasteiger partial charge in [0.25, 0.3) is 0 Å². The van der Waals surface area contributed by atoms with Crippen LogP contribution >= 0.6 is 0 Å². The predicted octanol–water partition coefficient (Wildman–Crippen LogP) is 3.67. The average molecular weight is 399 g/mol. The number of benzene rings is 1. The summed E-state index contributed by atoms with van der Waals surface area (Å²) in [6.45, 7) is 3.16. The summed E-state index contributed by atoms with van der Waals surface area (Å²) < 4.78 is 6.27. The van der Waals surface area contributed by atoms with Crippen molar-refractivity contribution >= 4 is 11.8 Å². The Morgan fingerprint density at radius 2 is 1.79 bits per heavy atom. The number of nitrogens with zero attached hydrogens (tertiary/aromatic N) is 1. The molecule has 5 nitrogen and oxygen atoms in total. The second-order valence-corrected chi connectivity index (χ2v) is 9.17. The lowest BCUT2D eigenvalue weighted by Crippen LogP contribution is -2.58. The minimum absolute atomic E-state index is 0.0625.